The molecule has 2 bridgehead atoms. The SMILES string of the molecule is O=C1N2CC(n3ccc(CO)n3)=CC(C2)N1OS(=O)(=O)[O-]. The van der Waals surface area contributed by atoms with E-state index in [0.717, 1.165) is 0 Å². The van der Waals surface area contributed by atoms with Crippen LogP contribution in [0.15, 0.2) is 18.3 Å². The fraction of sp³-hybridized carbons (Fsp3) is 0.400. The number of aromatic nitrogens is 2. The van der Waals surface area contributed by atoms with Crippen LogP contribution < -0.4 is 0 Å². The number of urea groups is 1. The molecule has 0 aliphatic carbocycles. The van der Waals surface area contributed by atoms with Gasteiger partial charge in [0.1, 0.15) is 6.04 Å². The summed E-state index contributed by atoms with van der Waals surface area (Å²) in [5, 5.41) is 13.6. The van der Waals surface area contributed by atoms with Crippen LogP contribution in [0.4, 0.5) is 4.79 Å². The molecule has 1 aromatic heterocycles. The number of carbonyl (C=O) groups excluding carboxylic acids is 1. The van der Waals surface area contributed by atoms with Gasteiger partial charge in [0, 0.05) is 12.7 Å². The largest absolute Gasteiger partial charge is 0.724 e. The lowest BCUT2D eigenvalue weighted by Gasteiger charge is -2.21. The Hall–Kier alpha value is -1.95. The number of rotatable bonds is 4. The Morgan fingerprint density at radius 2 is 2.29 bits per heavy atom. The van der Waals surface area contributed by atoms with Gasteiger partial charge in [-0.1, -0.05) is 0 Å². The Kier molecular flexibility index (Phi) is 3.20. The lowest BCUT2D eigenvalue weighted by Crippen LogP contribution is -2.35. The second kappa shape index (κ2) is 4.80. The van der Waals surface area contributed by atoms with E-state index < -0.39 is 22.5 Å². The number of hydrogen-bond donors (Lipinski definition) is 1. The molecule has 1 unspecified atom stereocenters. The first-order valence-electron chi connectivity index (χ1n) is 5.97. The van der Waals surface area contributed by atoms with E-state index >= 15 is 0 Å². The first-order valence-corrected chi connectivity index (χ1v) is 7.31. The van der Waals surface area contributed by atoms with Crippen LogP contribution in [-0.2, 0) is 21.3 Å². The highest BCUT2D eigenvalue weighted by Crippen LogP contribution is 2.27. The van der Waals surface area contributed by atoms with Crippen LogP contribution in [0.1, 0.15) is 5.69 Å². The fourth-order valence-corrected chi connectivity index (χ4v) is 2.69. The van der Waals surface area contributed by atoms with Crippen molar-refractivity contribution in [3.8, 4) is 0 Å². The second-order valence-corrected chi connectivity index (χ2v) is 5.57. The molecule has 3 heterocycles. The Balaban J connectivity index is 1.88. The van der Waals surface area contributed by atoms with Gasteiger partial charge in [0.2, 0.25) is 10.4 Å². The number of nitrogens with zero attached hydrogens (tertiary/aromatic N) is 4. The maximum atomic E-state index is 11.9. The average molecular weight is 315 g/mol. The highest BCUT2D eigenvalue weighted by molar-refractivity contribution is 7.80. The Morgan fingerprint density at radius 3 is 2.90 bits per heavy atom. The molecule has 1 aromatic rings. The fourth-order valence-electron chi connectivity index (χ4n) is 2.32. The van der Waals surface area contributed by atoms with Gasteiger partial charge in [-0.05, 0) is 12.1 Å². The van der Waals surface area contributed by atoms with Gasteiger partial charge in [0.05, 0.1) is 24.5 Å². The maximum absolute atomic E-state index is 11.9. The highest BCUT2D eigenvalue weighted by Gasteiger charge is 2.42. The van der Waals surface area contributed by atoms with Crippen molar-refractivity contribution in [2.24, 2.45) is 0 Å². The standard InChI is InChI=1S/C10H12N4O6S/c15-6-7-1-2-13(11-7)8-3-9-5-12(4-8)10(16)14(9)20-21(17,18)19/h1-3,9,15H,4-6H2,(H,17,18,19)/p-1. The summed E-state index contributed by atoms with van der Waals surface area (Å²) in [4.78, 5) is 13.3. The van der Waals surface area contributed by atoms with Crippen molar-refractivity contribution >= 4 is 22.1 Å². The molecule has 0 radical (unpaired) electrons. The molecule has 0 saturated carbocycles. The molecule has 1 atom stereocenters. The predicted molar refractivity (Wildman–Crippen MR) is 65.8 cm³/mol. The van der Waals surface area contributed by atoms with Gasteiger partial charge in [0.15, 0.2) is 0 Å². The smallest absolute Gasteiger partial charge is 0.346 e. The molecule has 0 spiro atoms. The zero-order valence-corrected chi connectivity index (χ0v) is 11.4. The molecular weight excluding hydrogens is 304 g/mol. The van der Waals surface area contributed by atoms with E-state index in [2.05, 4.69) is 9.38 Å². The summed E-state index contributed by atoms with van der Waals surface area (Å²) in [5.74, 6) is 0. The number of amides is 2. The predicted octanol–water partition coefficient (Wildman–Crippen LogP) is -1.27. The first-order chi connectivity index (χ1) is 9.87. The van der Waals surface area contributed by atoms with Crippen molar-refractivity contribution < 1.29 is 27.2 Å². The average Bonchev–Trinajstić information content (AvgIpc) is 2.97. The van der Waals surface area contributed by atoms with Gasteiger partial charge >= 0.3 is 6.03 Å². The van der Waals surface area contributed by atoms with Gasteiger partial charge in [-0.2, -0.15) is 14.4 Å². The van der Waals surface area contributed by atoms with E-state index in [0.29, 0.717) is 16.5 Å². The summed E-state index contributed by atoms with van der Waals surface area (Å²) in [6.45, 7) is 0.211. The zero-order valence-electron chi connectivity index (χ0n) is 10.6. The number of aliphatic hydroxyl groups excluding tert-OH is 1. The van der Waals surface area contributed by atoms with Crippen molar-refractivity contribution in [2.75, 3.05) is 13.1 Å². The third-order valence-electron chi connectivity index (χ3n) is 3.18. The van der Waals surface area contributed by atoms with Gasteiger partial charge in [0.25, 0.3) is 0 Å². The number of fused-ring (bicyclic) bond motifs is 2. The zero-order chi connectivity index (χ0) is 15.2. The molecule has 1 N–H and O–H groups in total. The van der Waals surface area contributed by atoms with Crippen LogP contribution in [0.3, 0.4) is 0 Å². The van der Waals surface area contributed by atoms with E-state index in [9.17, 15) is 17.8 Å². The highest BCUT2D eigenvalue weighted by atomic mass is 32.3. The summed E-state index contributed by atoms with van der Waals surface area (Å²) < 4.78 is 37.6. The van der Waals surface area contributed by atoms with E-state index in [1.54, 1.807) is 18.3 Å². The van der Waals surface area contributed by atoms with Gasteiger partial charge < -0.3 is 14.6 Å². The van der Waals surface area contributed by atoms with Crippen molar-refractivity contribution in [3.05, 3.63) is 24.0 Å². The van der Waals surface area contributed by atoms with E-state index in [1.165, 1.54) is 9.58 Å². The molecule has 2 aliphatic rings. The molecular formula is C10H11N4O6S-. The van der Waals surface area contributed by atoms with Crippen LogP contribution in [0.2, 0.25) is 0 Å². The van der Waals surface area contributed by atoms with Crippen LogP contribution in [0, 0.1) is 0 Å². The Morgan fingerprint density at radius 1 is 1.52 bits per heavy atom. The third kappa shape index (κ3) is 2.63. The van der Waals surface area contributed by atoms with Crippen molar-refractivity contribution in [1.29, 1.82) is 0 Å². The normalized spacial score (nSPS) is 21.9. The minimum absolute atomic E-state index is 0.195. The van der Waals surface area contributed by atoms with Gasteiger partial charge in [-0.15, -0.1) is 0 Å². The molecule has 1 saturated heterocycles. The Labute approximate surface area is 119 Å². The van der Waals surface area contributed by atoms with E-state index in [4.69, 9.17) is 5.11 Å². The molecule has 0 aromatic carbocycles. The van der Waals surface area contributed by atoms with Crippen LogP contribution in [0.5, 0.6) is 0 Å². The maximum Gasteiger partial charge on any atom is 0.346 e. The van der Waals surface area contributed by atoms with Gasteiger partial charge in [-0.25, -0.2) is 17.9 Å². The number of hydroxylamine groups is 2. The second-order valence-electron chi connectivity index (χ2n) is 4.61. The Bertz CT molecular complexity index is 711. The summed E-state index contributed by atoms with van der Waals surface area (Å²) in [7, 11) is -5.02. The minimum atomic E-state index is -5.02. The molecule has 2 aliphatic heterocycles. The quantitative estimate of drug-likeness (QED) is 0.541. The topological polar surface area (TPSA) is 128 Å². The molecule has 11 heteroatoms. The van der Waals surface area contributed by atoms with Crippen LogP contribution >= 0.6 is 0 Å². The van der Waals surface area contributed by atoms with Crippen molar-refractivity contribution in [1.82, 2.24) is 19.7 Å². The minimum Gasteiger partial charge on any atom is -0.724 e. The van der Waals surface area contributed by atoms with Crippen molar-refractivity contribution in [3.63, 3.8) is 0 Å². The monoisotopic (exact) mass is 315 g/mol. The van der Waals surface area contributed by atoms with Crippen LogP contribution in [0.25, 0.3) is 5.70 Å². The summed E-state index contributed by atoms with van der Waals surface area (Å²) >= 11 is 0. The number of hydrogen-bond acceptors (Lipinski definition) is 7. The first kappa shape index (κ1) is 14.0. The summed E-state index contributed by atoms with van der Waals surface area (Å²) in [5.41, 5.74) is 1.08. The molecule has 2 amide bonds. The van der Waals surface area contributed by atoms with E-state index in [-0.39, 0.29) is 19.7 Å². The van der Waals surface area contributed by atoms with E-state index in [1.807, 2.05) is 0 Å². The van der Waals surface area contributed by atoms with Gasteiger partial charge in [-0.3, -0.25) is 0 Å². The molecule has 21 heavy (non-hydrogen) atoms. The van der Waals surface area contributed by atoms with Crippen molar-refractivity contribution in [2.45, 2.75) is 12.6 Å². The molecule has 3 rings (SSSR count). The summed E-state index contributed by atoms with van der Waals surface area (Å²) in [6, 6.07) is 0.234. The lowest BCUT2D eigenvalue weighted by atomic mass is 10.2. The number of carbonyl (C=O) groups is 1. The molecule has 114 valence electrons. The third-order valence-corrected chi connectivity index (χ3v) is 3.52. The lowest BCUT2D eigenvalue weighted by molar-refractivity contribution is -0.0195. The molecule has 10 nitrogen and oxygen atoms in total. The molecule has 1 fully saturated rings. The number of aliphatic hydroxyl groups is 1. The van der Waals surface area contributed by atoms with Crippen LogP contribution in [-0.4, -0.2) is 63.0 Å². The summed E-state index contributed by atoms with van der Waals surface area (Å²) in [6.07, 6.45) is 3.21.